The number of fused-ring (bicyclic) bond motifs is 1. The molecule has 0 aliphatic heterocycles. The molecule has 0 unspecified atom stereocenters. The number of carbonyl (C=O) groups is 1. The normalized spacial score (nSPS) is 12.8. The third-order valence-corrected chi connectivity index (χ3v) is 8.81. The Labute approximate surface area is 232 Å². The first-order valence-corrected chi connectivity index (χ1v) is 13.5. The number of carboxylic acid groups (broad SMARTS) is 1. The van der Waals surface area contributed by atoms with Gasteiger partial charge in [-0.1, -0.05) is 26.0 Å². The number of ether oxygens (including phenoxy) is 1. The summed E-state index contributed by atoms with van der Waals surface area (Å²) < 4.78 is 35.0. The molecule has 4 rings (SSSR count). The molecule has 182 valence electrons. The number of thiazole rings is 1. The van der Waals surface area contributed by atoms with Gasteiger partial charge >= 0.3 is 35.5 Å². The SMILES string of the molecule is Cc1csc(S(=O)(=O)N(CC(C)C)c2cc3c(cc2OCc2ccc(C(=O)O)cc2)CCC3)n1.[NaH]. The maximum absolute atomic E-state index is 13.7. The number of anilines is 1. The molecule has 0 amide bonds. The first-order chi connectivity index (χ1) is 16.1. The van der Waals surface area contributed by atoms with Crippen molar-refractivity contribution < 1.29 is 23.1 Å². The molecule has 0 atom stereocenters. The van der Waals surface area contributed by atoms with E-state index in [4.69, 9.17) is 9.84 Å². The molecule has 1 N–H and O–H groups in total. The van der Waals surface area contributed by atoms with E-state index in [1.165, 1.54) is 22.0 Å². The van der Waals surface area contributed by atoms with E-state index in [1.54, 1.807) is 24.4 Å². The number of sulfonamides is 1. The summed E-state index contributed by atoms with van der Waals surface area (Å²) >= 11 is 1.12. The number of benzene rings is 2. The van der Waals surface area contributed by atoms with Gasteiger partial charge in [0.2, 0.25) is 4.34 Å². The fraction of sp³-hybridized carbons (Fsp3) is 0.360. The molecule has 0 saturated heterocycles. The van der Waals surface area contributed by atoms with E-state index in [-0.39, 0.29) is 52.0 Å². The molecule has 10 heteroatoms. The van der Waals surface area contributed by atoms with Crippen LogP contribution in [0.4, 0.5) is 5.69 Å². The number of aryl methyl sites for hydroxylation is 3. The van der Waals surface area contributed by atoms with E-state index >= 15 is 0 Å². The summed E-state index contributed by atoms with van der Waals surface area (Å²) in [5.74, 6) is -0.402. The topological polar surface area (TPSA) is 96.8 Å². The fourth-order valence-corrected chi connectivity index (χ4v) is 6.77. The number of aromatic nitrogens is 1. The molecule has 0 bridgehead atoms. The molecule has 0 saturated carbocycles. The van der Waals surface area contributed by atoms with Gasteiger partial charge in [-0.05, 0) is 73.1 Å². The van der Waals surface area contributed by atoms with Crippen molar-refractivity contribution in [3.05, 3.63) is 69.7 Å². The van der Waals surface area contributed by atoms with Gasteiger partial charge in [-0.2, -0.15) is 8.42 Å². The fourth-order valence-electron chi connectivity index (χ4n) is 4.01. The quantitative estimate of drug-likeness (QED) is 0.416. The number of aromatic carboxylic acids is 1. The van der Waals surface area contributed by atoms with Crippen molar-refractivity contribution in [3.63, 3.8) is 0 Å². The van der Waals surface area contributed by atoms with Crippen molar-refractivity contribution in [2.24, 2.45) is 5.92 Å². The molecular formula is C25H29N2NaO5S2. The zero-order chi connectivity index (χ0) is 24.5. The minimum atomic E-state index is -3.87. The summed E-state index contributed by atoms with van der Waals surface area (Å²) in [6.45, 7) is 6.23. The van der Waals surface area contributed by atoms with Crippen molar-refractivity contribution in [1.29, 1.82) is 0 Å². The maximum atomic E-state index is 13.7. The summed E-state index contributed by atoms with van der Waals surface area (Å²) in [7, 11) is -3.87. The van der Waals surface area contributed by atoms with Crippen LogP contribution in [0.1, 0.15) is 53.0 Å². The molecule has 0 fully saturated rings. The van der Waals surface area contributed by atoms with Crippen molar-refractivity contribution in [2.75, 3.05) is 10.8 Å². The van der Waals surface area contributed by atoms with Crippen LogP contribution >= 0.6 is 11.3 Å². The Bertz CT molecular complexity index is 1300. The van der Waals surface area contributed by atoms with Gasteiger partial charge in [0.15, 0.2) is 0 Å². The summed E-state index contributed by atoms with van der Waals surface area (Å²) in [5, 5.41) is 10.9. The van der Waals surface area contributed by atoms with Crippen LogP contribution in [0.15, 0.2) is 46.1 Å². The molecule has 1 heterocycles. The number of rotatable bonds is 9. The summed E-state index contributed by atoms with van der Waals surface area (Å²) in [6, 6.07) is 10.4. The van der Waals surface area contributed by atoms with Crippen LogP contribution in [0.3, 0.4) is 0 Å². The van der Waals surface area contributed by atoms with Crippen molar-refractivity contribution in [1.82, 2.24) is 4.98 Å². The van der Waals surface area contributed by atoms with Crippen molar-refractivity contribution in [2.45, 2.75) is 51.0 Å². The van der Waals surface area contributed by atoms with Gasteiger partial charge in [-0.3, -0.25) is 4.31 Å². The van der Waals surface area contributed by atoms with Crippen LogP contribution in [0.25, 0.3) is 0 Å². The Hall–Kier alpha value is -1.91. The van der Waals surface area contributed by atoms with Gasteiger partial charge < -0.3 is 9.84 Å². The van der Waals surface area contributed by atoms with Crippen LogP contribution in [0.5, 0.6) is 5.75 Å². The molecule has 35 heavy (non-hydrogen) atoms. The Morgan fingerprint density at radius 2 is 1.83 bits per heavy atom. The second-order valence-corrected chi connectivity index (χ2v) is 11.8. The molecule has 7 nitrogen and oxygen atoms in total. The Morgan fingerprint density at radius 1 is 1.17 bits per heavy atom. The summed E-state index contributed by atoms with van der Waals surface area (Å²) in [4.78, 5) is 15.4. The monoisotopic (exact) mass is 524 g/mol. The zero-order valence-corrected chi connectivity index (χ0v) is 21.1. The zero-order valence-electron chi connectivity index (χ0n) is 19.4. The van der Waals surface area contributed by atoms with E-state index in [1.807, 2.05) is 26.0 Å². The summed E-state index contributed by atoms with van der Waals surface area (Å²) in [5.41, 5.74) is 4.51. The van der Waals surface area contributed by atoms with Gasteiger partial charge in [-0.15, -0.1) is 11.3 Å². The molecule has 1 aliphatic carbocycles. The molecule has 1 aromatic heterocycles. The van der Waals surface area contributed by atoms with Gasteiger partial charge in [0.25, 0.3) is 10.0 Å². The first-order valence-electron chi connectivity index (χ1n) is 11.2. The van der Waals surface area contributed by atoms with Crippen molar-refractivity contribution >= 4 is 62.6 Å². The van der Waals surface area contributed by atoms with Crippen LogP contribution in [0.2, 0.25) is 0 Å². The second kappa shape index (κ2) is 11.4. The number of hydrogen-bond acceptors (Lipinski definition) is 6. The predicted octanol–water partition coefficient (Wildman–Crippen LogP) is 4.42. The van der Waals surface area contributed by atoms with Crippen LogP contribution in [-0.4, -0.2) is 60.6 Å². The second-order valence-electron chi connectivity index (χ2n) is 8.92. The van der Waals surface area contributed by atoms with Gasteiger partial charge in [0, 0.05) is 17.6 Å². The van der Waals surface area contributed by atoms with E-state index in [0.717, 1.165) is 41.7 Å². The van der Waals surface area contributed by atoms with Crippen molar-refractivity contribution in [3.8, 4) is 5.75 Å². The molecule has 1 aliphatic rings. The summed E-state index contributed by atoms with van der Waals surface area (Å²) in [6.07, 6.45) is 2.87. The minimum absolute atomic E-state index is 0. The number of carboxylic acids is 1. The van der Waals surface area contributed by atoms with Crippen LogP contribution in [0, 0.1) is 12.8 Å². The van der Waals surface area contributed by atoms with Gasteiger partial charge in [0.1, 0.15) is 12.4 Å². The molecule has 3 aromatic rings. The van der Waals surface area contributed by atoms with E-state index in [0.29, 0.717) is 23.7 Å². The third kappa shape index (κ3) is 6.27. The van der Waals surface area contributed by atoms with Gasteiger partial charge in [0.05, 0.1) is 11.3 Å². The molecule has 0 spiro atoms. The van der Waals surface area contributed by atoms with E-state index in [9.17, 15) is 13.2 Å². The predicted molar refractivity (Wildman–Crippen MR) is 140 cm³/mol. The van der Waals surface area contributed by atoms with E-state index < -0.39 is 16.0 Å². The molecule has 2 aromatic carbocycles. The first kappa shape index (κ1) is 27.7. The number of nitrogens with zero attached hydrogens (tertiary/aromatic N) is 2. The number of hydrogen-bond donors (Lipinski definition) is 1. The Balaban J connectivity index is 0.00000342. The standard InChI is InChI=1S/C25H28N2O5S2.Na.H/c1-16(2)13-27(34(30,31)25-26-17(3)15-33-25)22-11-20-5-4-6-21(20)12-23(22)32-14-18-7-9-19(10-8-18)24(28)29;;/h7-12,15-16H,4-6,13-14H2,1-3H3,(H,28,29);;. The van der Waals surface area contributed by atoms with E-state index in [2.05, 4.69) is 4.98 Å². The average molecular weight is 525 g/mol. The molecule has 0 radical (unpaired) electrons. The Morgan fingerprint density at radius 3 is 2.40 bits per heavy atom. The Kier molecular flexibility index (Phi) is 9.04. The van der Waals surface area contributed by atoms with Gasteiger partial charge in [-0.25, -0.2) is 9.78 Å². The molecular weight excluding hydrogens is 495 g/mol. The van der Waals surface area contributed by atoms with Crippen LogP contribution < -0.4 is 9.04 Å². The third-order valence-electron chi connectivity index (χ3n) is 5.68. The van der Waals surface area contributed by atoms with Crippen LogP contribution in [-0.2, 0) is 29.5 Å². The average Bonchev–Trinajstić information content (AvgIpc) is 3.44.